The Balaban J connectivity index is 1.56. The van der Waals surface area contributed by atoms with E-state index in [-0.39, 0.29) is 0 Å². The number of hydrogen-bond acceptors (Lipinski definition) is 4. The van der Waals surface area contributed by atoms with Gasteiger partial charge < -0.3 is 20.7 Å². The summed E-state index contributed by atoms with van der Waals surface area (Å²) in [7, 11) is 1.58. The van der Waals surface area contributed by atoms with Gasteiger partial charge in [0.1, 0.15) is 11.6 Å². The van der Waals surface area contributed by atoms with Crippen LogP contribution in [-0.4, -0.2) is 31.1 Å². The summed E-state index contributed by atoms with van der Waals surface area (Å²) in [6, 6.07) is 9.48. The van der Waals surface area contributed by atoms with Crippen LogP contribution in [0.2, 0.25) is 5.02 Å². The molecule has 1 aromatic heterocycles. The Kier molecular flexibility index (Phi) is 6.40. The molecule has 7 heteroatoms. The van der Waals surface area contributed by atoms with Crippen LogP contribution in [0.3, 0.4) is 0 Å². The van der Waals surface area contributed by atoms with Crippen molar-refractivity contribution in [2.45, 2.75) is 26.3 Å². The van der Waals surface area contributed by atoms with E-state index >= 15 is 0 Å². The molecule has 1 fully saturated rings. The summed E-state index contributed by atoms with van der Waals surface area (Å²) in [4.78, 5) is 11.3. The summed E-state index contributed by atoms with van der Waals surface area (Å²) in [5, 5.41) is 3.55. The van der Waals surface area contributed by atoms with Crippen LogP contribution in [0.5, 0.6) is 5.75 Å². The van der Waals surface area contributed by atoms with Gasteiger partial charge in [0.25, 0.3) is 0 Å². The molecule has 1 saturated heterocycles. The first-order chi connectivity index (χ1) is 13.0. The number of aliphatic imine (C=N–C) groups is 1. The molecule has 1 aliphatic rings. The smallest absolute Gasteiger partial charge is 0.193 e. The van der Waals surface area contributed by atoms with Gasteiger partial charge in [-0.3, -0.25) is 0 Å². The molecule has 0 radical (unpaired) electrons. The molecule has 0 bridgehead atoms. The molecule has 3 N–H and O–H groups in total. The molecule has 2 aromatic rings. The Morgan fingerprint density at radius 3 is 2.74 bits per heavy atom. The number of ether oxygens (including phenoxy) is 1. The number of halogens is 1. The van der Waals surface area contributed by atoms with Crippen LogP contribution in [0.25, 0.3) is 0 Å². The van der Waals surface area contributed by atoms with Crippen molar-refractivity contribution in [3.8, 4) is 5.75 Å². The number of nitrogens with one attached hydrogen (secondary N) is 1. The van der Waals surface area contributed by atoms with Crippen LogP contribution in [0.1, 0.15) is 25.3 Å². The van der Waals surface area contributed by atoms with Gasteiger partial charge in [0.05, 0.1) is 18.7 Å². The average Bonchev–Trinajstić information content (AvgIpc) is 2.68. The maximum Gasteiger partial charge on any atom is 0.193 e. The molecule has 1 aromatic carbocycles. The van der Waals surface area contributed by atoms with Crippen molar-refractivity contribution in [2.24, 2.45) is 16.6 Å². The third-order valence-electron chi connectivity index (χ3n) is 4.77. The minimum absolute atomic E-state index is 0.324. The molecule has 0 unspecified atom stereocenters. The van der Waals surface area contributed by atoms with E-state index in [1.807, 2.05) is 12.3 Å². The summed E-state index contributed by atoms with van der Waals surface area (Å²) in [5.74, 6) is 2.79. The summed E-state index contributed by atoms with van der Waals surface area (Å²) >= 11 is 6.11. The van der Waals surface area contributed by atoms with Crippen LogP contribution < -0.4 is 20.7 Å². The van der Waals surface area contributed by atoms with Crippen LogP contribution >= 0.6 is 11.6 Å². The number of methoxy groups -OCH3 is 1. The predicted molar refractivity (Wildman–Crippen MR) is 112 cm³/mol. The van der Waals surface area contributed by atoms with Crippen LogP contribution in [0, 0.1) is 5.92 Å². The number of aromatic nitrogens is 1. The Morgan fingerprint density at radius 1 is 1.33 bits per heavy atom. The first-order valence-electron chi connectivity index (χ1n) is 9.15. The highest BCUT2D eigenvalue weighted by atomic mass is 35.5. The molecule has 0 saturated carbocycles. The van der Waals surface area contributed by atoms with Crippen molar-refractivity contribution < 1.29 is 4.74 Å². The van der Waals surface area contributed by atoms with Crippen molar-refractivity contribution in [1.82, 2.24) is 4.98 Å². The average molecular weight is 388 g/mol. The zero-order valence-corrected chi connectivity index (χ0v) is 16.5. The number of rotatable bonds is 5. The van der Waals surface area contributed by atoms with Gasteiger partial charge in [-0.25, -0.2) is 9.98 Å². The SMILES string of the molecule is COc1ccc(NC(N)=NCc2ccc(N3CCC(C)CC3)nc2)cc1Cl. The van der Waals surface area contributed by atoms with E-state index in [1.165, 1.54) is 12.8 Å². The van der Waals surface area contributed by atoms with Gasteiger partial charge in [0.2, 0.25) is 0 Å². The lowest BCUT2D eigenvalue weighted by Crippen LogP contribution is -2.33. The second-order valence-electron chi connectivity index (χ2n) is 6.87. The van der Waals surface area contributed by atoms with Crippen molar-refractivity contribution >= 4 is 29.1 Å². The van der Waals surface area contributed by atoms with Gasteiger partial charge in [0.15, 0.2) is 5.96 Å². The van der Waals surface area contributed by atoms with E-state index in [9.17, 15) is 0 Å². The van der Waals surface area contributed by atoms with E-state index in [0.29, 0.717) is 23.3 Å². The largest absolute Gasteiger partial charge is 0.495 e. The molecular formula is C20H26ClN5O. The van der Waals surface area contributed by atoms with E-state index in [0.717, 1.165) is 36.1 Å². The Labute approximate surface area is 165 Å². The zero-order chi connectivity index (χ0) is 19.2. The topological polar surface area (TPSA) is 75.8 Å². The molecule has 0 aliphatic carbocycles. The summed E-state index contributed by atoms with van der Waals surface area (Å²) in [5.41, 5.74) is 7.74. The zero-order valence-electron chi connectivity index (χ0n) is 15.8. The third-order valence-corrected chi connectivity index (χ3v) is 5.07. The number of hydrogen-bond donors (Lipinski definition) is 2. The lowest BCUT2D eigenvalue weighted by molar-refractivity contribution is 0.415. The van der Waals surface area contributed by atoms with Gasteiger partial charge >= 0.3 is 0 Å². The van der Waals surface area contributed by atoms with Gasteiger partial charge in [-0.05, 0) is 48.6 Å². The van der Waals surface area contributed by atoms with E-state index < -0.39 is 0 Å². The predicted octanol–water partition coefficient (Wildman–Crippen LogP) is 3.91. The second-order valence-corrected chi connectivity index (χ2v) is 7.28. The lowest BCUT2D eigenvalue weighted by Gasteiger charge is -2.31. The fourth-order valence-electron chi connectivity index (χ4n) is 3.04. The van der Waals surface area contributed by atoms with Gasteiger partial charge in [-0.15, -0.1) is 0 Å². The standard InChI is InChI=1S/C20H26ClN5O/c1-14-7-9-26(10-8-14)19-6-3-15(12-23-19)13-24-20(22)25-16-4-5-18(27-2)17(21)11-16/h3-6,11-12,14H,7-10,13H2,1-2H3,(H3,22,24,25). The number of benzene rings is 1. The van der Waals surface area contributed by atoms with Crippen molar-refractivity contribution in [3.05, 3.63) is 47.1 Å². The summed E-state index contributed by atoms with van der Waals surface area (Å²) < 4.78 is 5.14. The van der Waals surface area contributed by atoms with Crippen LogP contribution in [0.4, 0.5) is 11.5 Å². The first-order valence-corrected chi connectivity index (χ1v) is 9.53. The maximum absolute atomic E-state index is 6.11. The number of guanidine groups is 1. The molecule has 3 rings (SSSR count). The molecule has 1 aliphatic heterocycles. The van der Waals surface area contributed by atoms with Crippen molar-refractivity contribution in [1.29, 1.82) is 0 Å². The van der Waals surface area contributed by atoms with E-state index in [2.05, 4.69) is 39.2 Å². The van der Waals surface area contributed by atoms with Crippen LogP contribution in [0.15, 0.2) is 41.5 Å². The second kappa shape index (κ2) is 8.95. The highest BCUT2D eigenvalue weighted by molar-refractivity contribution is 6.32. The number of anilines is 2. The number of piperidine rings is 1. The van der Waals surface area contributed by atoms with Gasteiger partial charge in [-0.2, -0.15) is 0 Å². The van der Waals surface area contributed by atoms with E-state index in [1.54, 1.807) is 19.2 Å². The normalized spacial score (nSPS) is 15.7. The fraction of sp³-hybridized carbons (Fsp3) is 0.400. The molecule has 0 atom stereocenters. The molecule has 144 valence electrons. The molecular weight excluding hydrogens is 362 g/mol. The highest BCUT2D eigenvalue weighted by Gasteiger charge is 2.16. The van der Waals surface area contributed by atoms with Crippen molar-refractivity contribution in [3.63, 3.8) is 0 Å². The fourth-order valence-corrected chi connectivity index (χ4v) is 3.30. The summed E-state index contributed by atoms with van der Waals surface area (Å²) in [6.45, 7) is 4.93. The first kappa shape index (κ1) is 19.3. The molecule has 6 nitrogen and oxygen atoms in total. The maximum atomic E-state index is 6.11. The Morgan fingerprint density at radius 2 is 2.11 bits per heavy atom. The highest BCUT2D eigenvalue weighted by Crippen LogP contribution is 2.27. The van der Waals surface area contributed by atoms with Crippen LogP contribution in [-0.2, 0) is 6.54 Å². The molecule has 27 heavy (non-hydrogen) atoms. The monoisotopic (exact) mass is 387 g/mol. The molecule has 2 heterocycles. The lowest BCUT2D eigenvalue weighted by atomic mass is 9.99. The number of pyridine rings is 1. The Hall–Kier alpha value is -2.47. The van der Waals surface area contributed by atoms with Gasteiger partial charge in [-0.1, -0.05) is 24.6 Å². The quantitative estimate of drug-likeness (QED) is 0.601. The van der Waals surface area contributed by atoms with Crippen molar-refractivity contribution in [2.75, 3.05) is 30.4 Å². The third kappa shape index (κ3) is 5.26. The summed E-state index contributed by atoms with van der Waals surface area (Å²) in [6.07, 6.45) is 4.32. The van der Waals surface area contributed by atoms with Gasteiger partial charge in [0, 0.05) is 25.0 Å². The molecule has 0 spiro atoms. The van der Waals surface area contributed by atoms with E-state index in [4.69, 9.17) is 22.1 Å². The Bertz CT molecular complexity index is 785. The minimum Gasteiger partial charge on any atom is -0.495 e. The number of nitrogens with two attached hydrogens (primary N) is 1. The molecule has 0 amide bonds. The number of nitrogens with zero attached hydrogens (tertiary/aromatic N) is 3. The minimum atomic E-state index is 0.324.